The van der Waals surface area contributed by atoms with Crippen molar-refractivity contribution in [2.45, 2.75) is 26.4 Å². The average Bonchev–Trinajstić information content (AvgIpc) is 2.69. The zero-order valence-electron chi connectivity index (χ0n) is 15.9. The van der Waals surface area contributed by atoms with E-state index in [0.717, 1.165) is 12.1 Å². The number of halogens is 4. The summed E-state index contributed by atoms with van der Waals surface area (Å²) >= 11 is 0. The van der Waals surface area contributed by atoms with Gasteiger partial charge in [-0.1, -0.05) is 20.4 Å². The topological polar surface area (TPSA) is 66.9 Å². The predicted octanol–water partition coefficient (Wildman–Crippen LogP) is 4.29. The first kappa shape index (κ1) is 22.1. The maximum atomic E-state index is 14.1. The molecule has 1 aromatic carbocycles. The van der Waals surface area contributed by atoms with Crippen molar-refractivity contribution in [3.8, 4) is 11.4 Å². The molecule has 0 atom stereocenters. The Labute approximate surface area is 165 Å². The molecule has 1 aliphatic heterocycles. The van der Waals surface area contributed by atoms with Crippen LogP contribution >= 0.6 is 0 Å². The van der Waals surface area contributed by atoms with Crippen molar-refractivity contribution in [1.29, 1.82) is 0 Å². The molecule has 1 amide bonds. The molecule has 2 aromatic rings. The van der Waals surface area contributed by atoms with Crippen molar-refractivity contribution in [2.75, 3.05) is 6.54 Å². The van der Waals surface area contributed by atoms with Crippen LogP contribution in [0.15, 0.2) is 48.8 Å². The number of carbonyl (C=O) groups excluding carboxylic acids is 1. The molecule has 0 bridgehead atoms. The van der Waals surface area contributed by atoms with E-state index in [2.05, 4.69) is 27.2 Å². The fraction of sp³-hybridized carbons (Fsp3) is 0.250. The highest BCUT2D eigenvalue weighted by molar-refractivity contribution is 5.89. The number of hydrogen-bond acceptors (Lipinski definition) is 4. The number of hydrogen-bond donors (Lipinski definition) is 2. The van der Waals surface area contributed by atoms with Gasteiger partial charge < -0.3 is 10.6 Å². The Kier molecular flexibility index (Phi) is 7.08. The van der Waals surface area contributed by atoms with Gasteiger partial charge in [-0.3, -0.25) is 4.79 Å². The molecular formula is C20H20F4N4O. The first-order valence-electron chi connectivity index (χ1n) is 8.89. The van der Waals surface area contributed by atoms with E-state index in [1.54, 1.807) is 0 Å². The van der Waals surface area contributed by atoms with E-state index in [1.165, 1.54) is 18.3 Å². The molecule has 9 heteroatoms. The van der Waals surface area contributed by atoms with Gasteiger partial charge in [0.05, 0.1) is 22.5 Å². The number of nitrogens with one attached hydrogen (secondary N) is 2. The summed E-state index contributed by atoms with van der Waals surface area (Å²) < 4.78 is 52.2. The number of aromatic nitrogens is 2. The summed E-state index contributed by atoms with van der Waals surface area (Å²) in [6.45, 7) is 8.31. The fourth-order valence-electron chi connectivity index (χ4n) is 2.49. The van der Waals surface area contributed by atoms with Crippen LogP contribution in [0.1, 0.15) is 31.5 Å². The Morgan fingerprint density at radius 3 is 2.59 bits per heavy atom. The zero-order valence-corrected chi connectivity index (χ0v) is 15.9. The largest absolute Gasteiger partial charge is 0.416 e. The number of alkyl halides is 3. The number of carbonyl (C=O) groups is 1. The summed E-state index contributed by atoms with van der Waals surface area (Å²) in [7, 11) is 0. The second-order valence-corrected chi connectivity index (χ2v) is 5.77. The Hall–Kier alpha value is -3.23. The molecule has 3 rings (SSSR count). The van der Waals surface area contributed by atoms with Crippen molar-refractivity contribution >= 4 is 11.6 Å². The van der Waals surface area contributed by atoms with Gasteiger partial charge in [-0.25, -0.2) is 14.4 Å². The van der Waals surface area contributed by atoms with Crippen LogP contribution in [0, 0.1) is 5.82 Å². The highest BCUT2D eigenvalue weighted by atomic mass is 19.4. The Bertz CT molecular complexity index is 938. The molecular weight excluding hydrogens is 388 g/mol. The third-order valence-electron chi connectivity index (χ3n) is 3.81. The molecule has 29 heavy (non-hydrogen) atoms. The number of rotatable bonds is 4. The standard InChI is InChI=1S/C18H14F4N4O.C2H6/c1-10(25-12-4-6-23-16(27)9-12)15-5-7-24-17(26-15)13-3-2-11(8-14(13)19)18(20,21)22;1-2/h2-3,5,7-9,25H,1,4,6H2,(H,23,27);1-2H3. The van der Waals surface area contributed by atoms with Crippen LogP contribution in [0.3, 0.4) is 0 Å². The third kappa shape index (κ3) is 5.63. The van der Waals surface area contributed by atoms with Gasteiger partial charge in [0, 0.05) is 30.9 Å². The van der Waals surface area contributed by atoms with E-state index in [1.807, 2.05) is 13.8 Å². The summed E-state index contributed by atoms with van der Waals surface area (Å²) in [5.41, 5.74) is 0.0742. The first-order valence-corrected chi connectivity index (χ1v) is 8.89. The van der Waals surface area contributed by atoms with Crippen LogP contribution in [0.4, 0.5) is 17.6 Å². The number of benzene rings is 1. The molecule has 0 fully saturated rings. The second kappa shape index (κ2) is 9.31. The summed E-state index contributed by atoms with van der Waals surface area (Å²) in [6, 6.07) is 3.68. The lowest BCUT2D eigenvalue weighted by atomic mass is 10.1. The van der Waals surface area contributed by atoms with Crippen molar-refractivity contribution in [1.82, 2.24) is 20.6 Å². The van der Waals surface area contributed by atoms with Crippen LogP contribution < -0.4 is 10.6 Å². The first-order chi connectivity index (χ1) is 13.7. The van der Waals surface area contributed by atoms with Gasteiger partial charge in [0.2, 0.25) is 5.91 Å². The van der Waals surface area contributed by atoms with E-state index >= 15 is 0 Å². The lowest BCUT2D eigenvalue weighted by molar-refractivity contribution is -0.137. The molecule has 0 spiro atoms. The lowest BCUT2D eigenvalue weighted by Crippen LogP contribution is -2.30. The van der Waals surface area contributed by atoms with Gasteiger partial charge in [-0.15, -0.1) is 0 Å². The highest BCUT2D eigenvalue weighted by Gasteiger charge is 2.31. The molecule has 0 saturated carbocycles. The van der Waals surface area contributed by atoms with Gasteiger partial charge in [0.15, 0.2) is 5.82 Å². The predicted molar refractivity (Wildman–Crippen MR) is 102 cm³/mol. The summed E-state index contributed by atoms with van der Waals surface area (Å²) in [5, 5.41) is 5.61. The molecule has 154 valence electrons. The summed E-state index contributed by atoms with van der Waals surface area (Å²) in [6.07, 6.45) is -1.31. The maximum Gasteiger partial charge on any atom is 0.416 e. The minimum Gasteiger partial charge on any atom is -0.357 e. The minimum atomic E-state index is -4.64. The highest BCUT2D eigenvalue weighted by Crippen LogP contribution is 2.32. The Morgan fingerprint density at radius 1 is 1.24 bits per heavy atom. The van der Waals surface area contributed by atoms with Gasteiger partial charge >= 0.3 is 6.18 Å². The molecule has 0 radical (unpaired) electrons. The molecule has 1 aromatic heterocycles. The number of nitrogens with zero attached hydrogens (tertiary/aromatic N) is 2. The van der Waals surface area contributed by atoms with Crippen molar-refractivity contribution in [3.63, 3.8) is 0 Å². The van der Waals surface area contributed by atoms with Crippen molar-refractivity contribution in [3.05, 3.63) is 65.9 Å². The van der Waals surface area contributed by atoms with Crippen LogP contribution in [0.2, 0.25) is 0 Å². The Balaban J connectivity index is 0.00000145. The van der Waals surface area contributed by atoms with Gasteiger partial charge in [-0.05, 0) is 24.3 Å². The summed E-state index contributed by atoms with van der Waals surface area (Å²) in [5.74, 6) is -1.38. The van der Waals surface area contributed by atoms with Crippen molar-refractivity contribution < 1.29 is 22.4 Å². The maximum absolute atomic E-state index is 14.1. The van der Waals surface area contributed by atoms with Gasteiger partial charge in [0.1, 0.15) is 5.82 Å². The third-order valence-corrected chi connectivity index (χ3v) is 3.81. The molecule has 2 heterocycles. The quantitative estimate of drug-likeness (QED) is 0.741. The van der Waals surface area contributed by atoms with E-state index < -0.39 is 17.6 Å². The molecule has 5 nitrogen and oxygen atoms in total. The number of amides is 1. The van der Waals surface area contributed by atoms with Crippen molar-refractivity contribution in [2.24, 2.45) is 0 Å². The van der Waals surface area contributed by atoms with Crippen LogP contribution in [0.25, 0.3) is 17.1 Å². The molecule has 2 N–H and O–H groups in total. The summed E-state index contributed by atoms with van der Waals surface area (Å²) in [4.78, 5) is 19.4. The molecule has 0 aliphatic carbocycles. The molecule has 0 unspecified atom stereocenters. The minimum absolute atomic E-state index is 0.0722. The second-order valence-electron chi connectivity index (χ2n) is 5.77. The van der Waals surface area contributed by atoms with E-state index in [0.29, 0.717) is 36.1 Å². The van der Waals surface area contributed by atoms with Crippen LogP contribution in [-0.4, -0.2) is 22.4 Å². The van der Waals surface area contributed by atoms with E-state index in [9.17, 15) is 22.4 Å². The SMILES string of the molecule is C=C(NC1=CC(=O)NCC1)c1ccnc(-c2ccc(C(F)(F)F)cc2F)n1.CC. The monoisotopic (exact) mass is 408 g/mol. The smallest absolute Gasteiger partial charge is 0.357 e. The van der Waals surface area contributed by atoms with Gasteiger partial charge in [-0.2, -0.15) is 13.2 Å². The molecule has 0 saturated heterocycles. The normalized spacial score (nSPS) is 13.6. The van der Waals surface area contributed by atoms with Gasteiger partial charge in [0.25, 0.3) is 0 Å². The fourth-order valence-corrected chi connectivity index (χ4v) is 2.49. The average molecular weight is 408 g/mol. The van der Waals surface area contributed by atoms with Crippen LogP contribution in [-0.2, 0) is 11.0 Å². The molecule has 1 aliphatic rings. The zero-order chi connectivity index (χ0) is 21.6. The lowest BCUT2D eigenvalue weighted by Gasteiger charge is -2.17. The van der Waals surface area contributed by atoms with E-state index in [-0.39, 0.29) is 17.3 Å². The van der Waals surface area contributed by atoms with Crippen LogP contribution in [0.5, 0.6) is 0 Å². The van der Waals surface area contributed by atoms with E-state index in [4.69, 9.17) is 0 Å². The Morgan fingerprint density at radius 2 is 1.97 bits per heavy atom.